The zero-order valence-electron chi connectivity index (χ0n) is 14.3. The van der Waals surface area contributed by atoms with Crippen LogP contribution in [-0.2, 0) is 9.59 Å². The minimum atomic E-state index is -1.09. The van der Waals surface area contributed by atoms with E-state index in [0.717, 1.165) is 12.8 Å². The van der Waals surface area contributed by atoms with Crippen molar-refractivity contribution in [2.45, 2.75) is 90.4 Å². The van der Waals surface area contributed by atoms with Gasteiger partial charge in [0.2, 0.25) is 0 Å². The molecule has 0 N–H and O–H groups in total. The fraction of sp³-hybridized carbons (Fsp3) is 0.875. The van der Waals surface area contributed by atoms with Crippen LogP contribution in [0.15, 0.2) is 0 Å². The first kappa shape index (κ1) is 27.9. The summed E-state index contributed by atoms with van der Waals surface area (Å²) >= 11 is 0. The van der Waals surface area contributed by atoms with Gasteiger partial charge in [-0.2, -0.15) is 0 Å². The Morgan fingerprint density at radius 3 is 1.30 bits per heavy atom. The second kappa shape index (κ2) is 20.1. The molecule has 0 aromatic heterocycles. The summed E-state index contributed by atoms with van der Waals surface area (Å²) in [6.07, 6.45) is 2.46. The zero-order valence-corrected chi connectivity index (χ0v) is 16.5. The van der Waals surface area contributed by atoms with Crippen molar-refractivity contribution in [2.75, 3.05) is 0 Å². The standard InChI is InChI=1S/2C8H15FO2.Ca/c2*1-2-4-7(9)5-3-6-8(10)11;/h2*7H,2-6H2,1H3,(H,10,11);/q;;+2/p-2. The molecule has 0 aliphatic heterocycles. The maximum atomic E-state index is 12.6. The fourth-order valence-electron chi connectivity index (χ4n) is 1.85. The van der Waals surface area contributed by atoms with Crippen molar-refractivity contribution in [1.82, 2.24) is 0 Å². The molecule has 132 valence electrons. The molecule has 0 rings (SSSR count). The normalized spacial score (nSPS) is 12.3. The van der Waals surface area contributed by atoms with Crippen molar-refractivity contribution in [1.29, 1.82) is 0 Å². The van der Waals surface area contributed by atoms with Gasteiger partial charge in [-0.1, -0.05) is 26.7 Å². The number of aliphatic carboxylic acids is 2. The minimum Gasteiger partial charge on any atom is -0.550 e. The Balaban J connectivity index is -0.000000333. The number of rotatable bonds is 12. The molecule has 23 heavy (non-hydrogen) atoms. The Bertz CT molecular complexity index is 263. The molecule has 0 saturated carbocycles. The number of hydrogen-bond donors (Lipinski definition) is 0. The smallest absolute Gasteiger partial charge is 0.550 e. The SMILES string of the molecule is CCCC(F)CCCC(=O)[O-].CCCC(F)CCCC(=O)[O-].[Ca+2]. The van der Waals surface area contributed by atoms with Crippen LogP contribution >= 0.6 is 0 Å². The van der Waals surface area contributed by atoms with Crippen LogP contribution in [-0.4, -0.2) is 62.0 Å². The van der Waals surface area contributed by atoms with E-state index in [9.17, 15) is 28.6 Å². The van der Waals surface area contributed by atoms with Crippen LogP contribution in [0, 0.1) is 0 Å². The predicted molar refractivity (Wildman–Crippen MR) is 83.1 cm³/mol. The summed E-state index contributed by atoms with van der Waals surface area (Å²) in [5.41, 5.74) is 0. The number of carbonyl (C=O) groups excluding carboxylic acids is 2. The third-order valence-corrected chi connectivity index (χ3v) is 3.00. The first-order valence-corrected chi connectivity index (χ1v) is 8.01. The van der Waals surface area contributed by atoms with Crippen LogP contribution in [0.2, 0.25) is 0 Å². The summed E-state index contributed by atoms with van der Waals surface area (Å²) in [6.45, 7) is 3.82. The number of hydrogen-bond acceptors (Lipinski definition) is 4. The molecule has 0 fully saturated rings. The number of carboxylic acids is 2. The summed E-state index contributed by atoms with van der Waals surface area (Å²) in [6, 6.07) is 0. The van der Waals surface area contributed by atoms with E-state index < -0.39 is 24.3 Å². The Kier molecular flexibility index (Phi) is 24.4. The van der Waals surface area contributed by atoms with Crippen LogP contribution in [0.3, 0.4) is 0 Å². The van der Waals surface area contributed by atoms with Crippen molar-refractivity contribution in [3.8, 4) is 0 Å². The Labute approximate surface area is 168 Å². The number of carboxylic acid groups (broad SMARTS) is 2. The molecule has 0 radical (unpaired) electrons. The van der Waals surface area contributed by atoms with Gasteiger partial charge in [0.1, 0.15) is 12.3 Å². The van der Waals surface area contributed by atoms with Gasteiger partial charge in [-0.3, -0.25) is 0 Å². The average molecular weight is 362 g/mol. The molecule has 0 saturated heterocycles. The second-order valence-electron chi connectivity index (χ2n) is 5.30. The summed E-state index contributed by atoms with van der Waals surface area (Å²) < 4.78 is 25.3. The maximum absolute atomic E-state index is 12.6. The average Bonchev–Trinajstić information content (AvgIpc) is 2.39. The van der Waals surface area contributed by atoms with Crippen molar-refractivity contribution in [3.63, 3.8) is 0 Å². The minimum absolute atomic E-state index is 0. The molecule has 2 atom stereocenters. The Morgan fingerprint density at radius 2 is 1.09 bits per heavy atom. The van der Waals surface area contributed by atoms with E-state index >= 15 is 0 Å². The number of alkyl halides is 2. The van der Waals surface area contributed by atoms with Gasteiger partial charge in [-0.15, -0.1) is 0 Å². The van der Waals surface area contributed by atoms with E-state index in [2.05, 4.69) is 0 Å². The predicted octanol–water partition coefficient (Wildman–Crippen LogP) is 1.71. The van der Waals surface area contributed by atoms with E-state index in [-0.39, 0.29) is 50.6 Å². The first-order valence-electron chi connectivity index (χ1n) is 8.01. The van der Waals surface area contributed by atoms with E-state index in [1.165, 1.54) is 0 Å². The van der Waals surface area contributed by atoms with Crippen molar-refractivity contribution >= 4 is 49.7 Å². The summed E-state index contributed by atoms with van der Waals surface area (Å²) in [5.74, 6) is -2.18. The molecular weight excluding hydrogens is 334 g/mol. The molecule has 0 amide bonds. The molecule has 0 spiro atoms. The van der Waals surface area contributed by atoms with E-state index in [1.807, 2.05) is 13.8 Å². The molecule has 2 unspecified atom stereocenters. The van der Waals surface area contributed by atoms with Gasteiger partial charge in [-0.05, 0) is 51.4 Å². The van der Waals surface area contributed by atoms with Crippen LogP contribution in [0.5, 0.6) is 0 Å². The van der Waals surface area contributed by atoms with Gasteiger partial charge in [0.15, 0.2) is 0 Å². The molecule has 0 aliphatic carbocycles. The number of halogens is 2. The van der Waals surface area contributed by atoms with Gasteiger partial charge in [0.05, 0.1) is 0 Å². The Hall–Kier alpha value is 0.0597. The first-order chi connectivity index (χ1) is 10.3. The summed E-state index contributed by atoms with van der Waals surface area (Å²) in [4.78, 5) is 19.8. The topological polar surface area (TPSA) is 80.3 Å². The van der Waals surface area contributed by atoms with Crippen LogP contribution in [0.25, 0.3) is 0 Å². The fourth-order valence-corrected chi connectivity index (χ4v) is 1.85. The zero-order chi connectivity index (χ0) is 17.4. The van der Waals surface area contributed by atoms with Gasteiger partial charge in [0, 0.05) is 11.9 Å². The molecule has 4 nitrogen and oxygen atoms in total. The summed E-state index contributed by atoms with van der Waals surface area (Å²) in [5, 5.41) is 19.8. The van der Waals surface area contributed by atoms with Crippen LogP contribution in [0.1, 0.15) is 78.1 Å². The van der Waals surface area contributed by atoms with Crippen LogP contribution < -0.4 is 10.2 Å². The third-order valence-electron chi connectivity index (χ3n) is 3.00. The van der Waals surface area contributed by atoms with E-state index in [0.29, 0.717) is 38.5 Å². The third kappa shape index (κ3) is 27.2. The second-order valence-corrected chi connectivity index (χ2v) is 5.30. The quantitative estimate of drug-likeness (QED) is 0.495. The molecular formula is C16H28CaF2O4. The molecule has 0 heterocycles. The van der Waals surface area contributed by atoms with Gasteiger partial charge in [0.25, 0.3) is 0 Å². The molecule has 0 aliphatic rings. The monoisotopic (exact) mass is 362 g/mol. The van der Waals surface area contributed by atoms with E-state index in [4.69, 9.17) is 0 Å². The van der Waals surface area contributed by atoms with Crippen molar-refractivity contribution in [3.05, 3.63) is 0 Å². The molecule has 0 bridgehead atoms. The molecule has 0 aromatic rings. The maximum Gasteiger partial charge on any atom is 2.00 e. The van der Waals surface area contributed by atoms with Crippen molar-refractivity contribution in [2.24, 2.45) is 0 Å². The molecule has 0 aromatic carbocycles. The molecule has 7 heteroatoms. The number of carbonyl (C=O) groups is 2. The van der Waals surface area contributed by atoms with E-state index in [1.54, 1.807) is 0 Å². The Morgan fingerprint density at radius 1 is 0.783 bits per heavy atom. The van der Waals surface area contributed by atoms with Gasteiger partial charge >= 0.3 is 37.7 Å². The van der Waals surface area contributed by atoms with Crippen LogP contribution in [0.4, 0.5) is 8.78 Å². The summed E-state index contributed by atoms with van der Waals surface area (Å²) in [7, 11) is 0. The van der Waals surface area contributed by atoms with Gasteiger partial charge < -0.3 is 19.8 Å². The largest absolute Gasteiger partial charge is 2.00 e. The van der Waals surface area contributed by atoms with Gasteiger partial charge in [-0.25, -0.2) is 8.78 Å². The van der Waals surface area contributed by atoms with Crippen molar-refractivity contribution < 1.29 is 28.6 Å².